The average molecular weight is 307 g/mol. The summed E-state index contributed by atoms with van der Waals surface area (Å²) in [6.07, 6.45) is 4.04. The number of fused-ring (bicyclic) bond motifs is 1. The number of halogens is 2. The van der Waals surface area contributed by atoms with Gasteiger partial charge in [0.15, 0.2) is 0 Å². The van der Waals surface area contributed by atoms with Gasteiger partial charge in [-0.3, -0.25) is 4.98 Å². The number of rotatable bonds is 3. The zero-order valence-electron chi connectivity index (χ0n) is 11.2. The third-order valence-corrected chi connectivity index (χ3v) is 4.58. The van der Waals surface area contributed by atoms with Crippen molar-refractivity contribution < 1.29 is 0 Å². The van der Waals surface area contributed by atoms with E-state index in [1.165, 1.54) is 11.3 Å². The van der Waals surface area contributed by atoms with Crippen molar-refractivity contribution in [3.63, 3.8) is 0 Å². The summed E-state index contributed by atoms with van der Waals surface area (Å²) >= 11 is 12.4. The van der Waals surface area contributed by atoms with Crippen molar-refractivity contribution in [3.8, 4) is 0 Å². The first-order valence-electron chi connectivity index (χ1n) is 6.76. The number of nitrogens with one attached hydrogen (secondary N) is 1. The lowest BCUT2D eigenvalue weighted by atomic mass is 9.91. The zero-order chi connectivity index (χ0) is 14.1. The summed E-state index contributed by atoms with van der Waals surface area (Å²) in [5.41, 5.74) is 3.63. The van der Waals surface area contributed by atoms with Crippen LogP contribution in [0.5, 0.6) is 0 Å². The third kappa shape index (κ3) is 2.44. The molecule has 0 fully saturated rings. The van der Waals surface area contributed by atoms with Crippen LogP contribution in [-0.4, -0.2) is 12.0 Å². The minimum Gasteiger partial charge on any atom is -0.312 e. The van der Waals surface area contributed by atoms with E-state index in [9.17, 15) is 0 Å². The number of benzene rings is 1. The van der Waals surface area contributed by atoms with Gasteiger partial charge in [0.05, 0.1) is 0 Å². The normalized spacial score (nSPS) is 18.9. The van der Waals surface area contributed by atoms with E-state index in [0.717, 1.165) is 18.4 Å². The summed E-state index contributed by atoms with van der Waals surface area (Å²) in [5.74, 6) is 0.356. The molecule has 0 saturated carbocycles. The monoisotopic (exact) mass is 306 g/mol. The Hall–Kier alpha value is -1.09. The number of aromatic nitrogens is 1. The van der Waals surface area contributed by atoms with Gasteiger partial charge in [-0.1, -0.05) is 35.3 Å². The second-order valence-electron chi connectivity index (χ2n) is 5.13. The van der Waals surface area contributed by atoms with Crippen LogP contribution in [0.3, 0.4) is 0 Å². The molecular weight excluding hydrogens is 291 g/mol. The highest BCUT2D eigenvalue weighted by molar-refractivity contribution is 6.35. The quantitative estimate of drug-likeness (QED) is 0.910. The predicted octanol–water partition coefficient (Wildman–Crippen LogP) is 4.38. The minimum absolute atomic E-state index is 0.163. The van der Waals surface area contributed by atoms with Crippen LogP contribution < -0.4 is 5.32 Å². The Morgan fingerprint density at radius 1 is 1.30 bits per heavy atom. The van der Waals surface area contributed by atoms with Gasteiger partial charge in [-0.15, -0.1) is 0 Å². The molecule has 1 aromatic heterocycles. The van der Waals surface area contributed by atoms with Gasteiger partial charge in [0.1, 0.15) is 0 Å². The van der Waals surface area contributed by atoms with Gasteiger partial charge in [0.2, 0.25) is 0 Å². The van der Waals surface area contributed by atoms with Crippen LogP contribution in [0.15, 0.2) is 36.5 Å². The van der Waals surface area contributed by atoms with Crippen LogP contribution in [0.2, 0.25) is 10.0 Å². The van der Waals surface area contributed by atoms with E-state index in [0.29, 0.717) is 16.0 Å². The Morgan fingerprint density at radius 2 is 2.15 bits per heavy atom. The summed E-state index contributed by atoms with van der Waals surface area (Å²) in [7, 11) is 1.97. The topological polar surface area (TPSA) is 24.9 Å². The molecule has 1 aromatic carbocycles. The number of aryl methyl sites for hydroxylation is 1. The molecule has 104 valence electrons. The molecule has 2 unspecified atom stereocenters. The fraction of sp³-hybridized carbons (Fsp3) is 0.312. The van der Waals surface area contributed by atoms with Crippen LogP contribution in [0, 0.1) is 0 Å². The maximum atomic E-state index is 6.36. The molecule has 1 N–H and O–H groups in total. The molecule has 1 aliphatic rings. The first-order valence-corrected chi connectivity index (χ1v) is 7.52. The van der Waals surface area contributed by atoms with Gasteiger partial charge in [-0.25, -0.2) is 0 Å². The lowest BCUT2D eigenvalue weighted by Crippen LogP contribution is -2.23. The maximum Gasteiger partial charge on any atom is 0.0485 e. The van der Waals surface area contributed by atoms with Gasteiger partial charge in [0.25, 0.3) is 0 Å². The van der Waals surface area contributed by atoms with E-state index in [1.54, 1.807) is 6.07 Å². The maximum absolute atomic E-state index is 6.36. The van der Waals surface area contributed by atoms with Crippen LogP contribution in [-0.2, 0) is 6.42 Å². The summed E-state index contributed by atoms with van der Waals surface area (Å²) in [5, 5.41) is 4.77. The second kappa shape index (κ2) is 5.72. The van der Waals surface area contributed by atoms with Crippen molar-refractivity contribution in [1.29, 1.82) is 0 Å². The van der Waals surface area contributed by atoms with Crippen molar-refractivity contribution >= 4 is 23.2 Å². The van der Waals surface area contributed by atoms with Gasteiger partial charge in [-0.05, 0) is 49.2 Å². The Balaban J connectivity index is 1.99. The predicted molar refractivity (Wildman–Crippen MR) is 83.6 cm³/mol. The SMILES string of the molecule is CNC(c1ccc(Cl)cc1Cl)C1CCc2cccnc21. The molecule has 2 nitrogen and oxygen atoms in total. The smallest absolute Gasteiger partial charge is 0.0485 e. The molecule has 0 radical (unpaired) electrons. The first kappa shape index (κ1) is 13.9. The fourth-order valence-electron chi connectivity index (χ4n) is 3.10. The van der Waals surface area contributed by atoms with Crippen molar-refractivity contribution in [3.05, 3.63) is 63.4 Å². The Kier molecular flexibility index (Phi) is 3.97. The molecule has 0 bridgehead atoms. The summed E-state index contributed by atoms with van der Waals surface area (Å²) in [6, 6.07) is 10.0. The molecule has 1 heterocycles. The standard InChI is InChI=1S/C16H16Cl2N2/c1-19-16(12-7-5-11(17)9-14(12)18)13-6-4-10-3-2-8-20-15(10)13/h2-3,5,7-9,13,16,19H,4,6H2,1H3. The average Bonchev–Trinajstić information content (AvgIpc) is 2.86. The highest BCUT2D eigenvalue weighted by atomic mass is 35.5. The number of pyridine rings is 1. The first-order chi connectivity index (χ1) is 9.70. The second-order valence-corrected chi connectivity index (χ2v) is 5.97. The van der Waals surface area contributed by atoms with Crippen LogP contribution in [0.25, 0.3) is 0 Å². The Bertz CT molecular complexity index is 628. The van der Waals surface area contributed by atoms with Gasteiger partial charge in [-0.2, -0.15) is 0 Å². The molecule has 3 rings (SSSR count). The van der Waals surface area contributed by atoms with Gasteiger partial charge in [0, 0.05) is 33.9 Å². The number of hydrogen-bond acceptors (Lipinski definition) is 2. The molecule has 0 spiro atoms. The van der Waals surface area contributed by atoms with E-state index in [-0.39, 0.29) is 6.04 Å². The van der Waals surface area contributed by atoms with E-state index in [2.05, 4.69) is 16.4 Å². The van der Waals surface area contributed by atoms with Crippen LogP contribution >= 0.6 is 23.2 Å². The molecule has 0 saturated heterocycles. The molecule has 2 aromatic rings. The van der Waals surface area contributed by atoms with Crippen molar-refractivity contribution in [2.75, 3.05) is 7.05 Å². The van der Waals surface area contributed by atoms with Crippen LogP contribution in [0.4, 0.5) is 0 Å². The molecule has 4 heteroatoms. The summed E-state index contributed by atoms with van der Waals surface area (Å²) < 4.78 is 0. The summed E-state index contributed by atoms with van der Waals surface area (Å²) in [6.45, 7) is 0. The van der Waals surface area contributed by atoms with E-state index in [4.69, 9.17) is 23.2 Å². The fourth-order valence-corrected chi connectivity index (χ4v) is 3.62. The molecule has 20 heavy (non-hydrogen) atoms. The van der Waals surface area contributed by atoms with Gasteiger partial charge >= 0.3 is 0 Å². The molecular formula is C16H16Cl2N2. The number of nitrogens with zero attached hydrogens (tertiary/aromatic N) is 1. The van der Waals surface area contributed by atoms with Crippen LogP contribution in [0.1, 0.15) is 35.2 Å². The van der Waals surface area contributed by atoms with Crippen molar-refractivity contribution in [1.82, 2.24) is 10.3 Å². The highest BCUT2D eigenvalue weighted by Crippen LogP contribution is 2.42. The minimum atomic E-state index is 0.163. The summed E-state index contributed by atoms with van der Waals surface area (Å²) in [4.78, 5) is 4.57. The molecule has 1 aliphatic carbocycles. The van der Waals surface area contributed by atoms with Crippen molar-refractivity contribution in [2.45, 2.75) is 24.8 Å². The Labute approximate surface area is 129 Å². The molecule has 2 atom stereocenters. The number of likely N-dealkylation sites (N-methyl/N-ethyl adjacent to an activating group) is 1. The lowest BCUT2D eigenvalue weighted by Gasteiger charge is -2.25. The van der Waals surface area contributed by atoms with Crippen molar-refractivity contribution in [2.24, 2.45) is 0 Å². The van der Waals surface area contributed by atoms with E-state index < -0.39 is 0 Å². The highest BCUT2D eigenvalue weighted by Gasteiger charge is 2.32. The van der Waals surface area contributed by atoms with E-state index >= 15 is 0 Å². The lowest BCUT2D eigenvalue weighted by molar-refractivity contribution is 0.470. The molecule has 0 amide bonds. The Morgan fingerprint density at radius 3 is 2.90 bits per heavy atom. The van der Waals surface area contributed by atoms with E-state index in [1.807, 2.05) is 31.4 Å². The largest absolute Gasteiger partial charge is 0.312 e. The number of hydrogen-bond donors (Lipinski definition) is 1. The van der Waals surface area contributed by atoms with Gasteiger partial charge < -0.3 is 5.32 Å². The zero-order valence-corrected chi connectivity index (χ0v) is 12.7. The third-order valence-electron chi connectivity index (χ3n) is 4.01. The molecule has 0 aliphatic heterocycles.